The number of para-hydroxylation sites is 5. The highest BCUT2D eigenvalue weighted by atomic mass is 15.2. The van der Waals surface area contributed by atoms with Gasteiger partial charge in [0.05, 0.1) is 16.6 Å². The number of anilines is 6. The van der Waals surface area contributed by atoms with Gasteiger partial charge in [-0.1, -0.05) is 109 Å². The van der Waals surface area contributed by atoms with E-state index in [9.17, 15) is 0 Å². The molecule has 0 fully saturated rings. The zero-order valence-electron chi connectivity index (χ0n) is 32.0. The fourth-order valence-electron chi connectivity index (χ4n) is 9.00. The van der Waals surface area contributed by atoms with E-state index in [4.69, 9.17) is 0 Å². The van der Waals surface area contributed by atoms with Crippen molar-refractivity contribution in [3.63, 3.8) is 0 Å². The van der Waals surface area contributed by atoms with Gasteiger partial charge >= 0.3 is 0 Å². The van der Waals surface area contributed by atoms with Crippen molar-refractivity contribution in [1.82, 2.24) is 9.13 Å². The number of rotatable bonds is 8. The molecule has 58 heavy (non-hydrogen) atoms. The van der Waals surface area contributed by atoms with E-state index in [2.05, 4.69) is 237 Å². The first-order chi connectivity index (χ1) is 28.8. The molecule has 276 valence electrons. The molecule has 0 aliphatic heterocycles. The molecule has 0 amide bonds. The molecule has 0 saturated heterocycles. The van der Waals surface area contributed by atoms with Crippen molar-refractivity contribution >= 4 is 72.9 Å². The van der Waals surface area contributed by atoms with Crippen LogP contribution < -0.4 is 9.80 Å². The van der Waals surface area contributed by atoms with Gasteiger partial charge in [-0.05, 0) is 122 Å². The van der Waals surface area contributed by atoms with Gasteiger partial charge in [-0.25, -0.2) is 0 Å². The lowest BCUT2D eigenvalue weighted by atomic mass is 10.0. The normalized spacial score (nSPS) is 12.3. The maximum absolute atomic E-state index is 2.46. The molecule has 0 unspecified atom stereocenters. The van der Waals surface area contributed by atoms with Crippen molar-refractivity contribution in [1.29, 1.82) is 0 Å². The third-order valence-corrected chi connectivity index (χ3v) is 11.5. The Labute approximate surface area is 338 Å². The van der Waals surface area contributed by atoms with Crippen molar-refractivity contribution in [3.05, 3.63) is 224 Å². The van der Waals surface area contributed by atoms with Gasteiger partial charge < -0.3 is 18.9 Å². The lowest BCUT2D eigenvalue weighted by Gasteiger charge is -2.29. The SMILES string of the molecule is C1=Cc2c(n(-c3ccccc3)c3ccc(N(c4ccccc4)c4cccc(N(c5ccccc5)c5ccc6c(c5)c5ccccc5n6-c5ccccc5)c4)cc23)CC1. The van der Waals surface area contributed by atoms with E-state index in [1.165, 1.54) is 49.7 Å². The molecule has 1 aliphatic carbocycles. The first kappa shape index (κ1) is 33.8. The van der Waals surface area contributed by atoms with Crippen LogP contribution in [0.4, 0.5) is 34.1 Å². The van der Waals surface area contributed by atoms with Gasteiger partial charge in [-0.3, -0.25) is 0 Å². The molecule has 4 heteroatoms. The summed E-state index contributed by atoms with van der Waals surface area (Å²) in [7, 11) is 0. The van der Waals surface area contributed by atoms with Crippen LogP contribution in [0.15, 0.2) is 212 Å². The molecule has 1 aliphatic rings. The summed E-state index contributed by atoms with van der Waals surface area (Å²) in [4.78, 5) is 4.77. The molecule has 0 radical (unpaired) electrons. The molecule has 10 aromatic rings. The van der Waals surface area contributed by atoms with E-state index in [1.54, 1.807) is 0 Å². The van der Waals surface area contributed by atoms with Crippen LogP contribution in [-0.2, 0) is 6.42 Å². The third-order valence-electron chi connectivity index (χ3n) is 11.5. The number of benzene rings is 8. The molecule has 11 rings (SSSR count). The second kappa shape index (κ2) is 14.2. The van der Waals surface area contributed by atoms with Crippen molar-refractivity contribution in [3.8, 4) is 11.4 Å². The number of hydrogen-bond donors (Lipinski definition) is 0. The smallest absolute Gasteiger partial charge is 0.0542 e. The summed E-state index contributed by atoms with van der Waals surface area (Å²) >= 11 is 0. The average molecular weight is 745 g/mol. The predicted octanol–water partition coefficient (Wildman–Crippen LogP) is 14.6. The Morgan fingerprint density at radius 2 is 0.810 bits per heavy atom. The minimum atomic E-state index is 1.02. The minimum Gasteiger partial charge on any atom is -0.313 e. The zero-order valence-corrected chi connectivity index (χ0v) is 32.0. The molecular weight excluding hydrogens is 705 g/mol. The summed E-state index contributed by atoms with van der Waals surface area (Å²) in [5.74, 6) is 0. The van der Waals surface area contributed by atoms with E-state index in [-0.39, 0.29) is 0 Å². The highest BCUT2D eigenvalue weighted by Gasteiger charge is 2.23. The van der Waals surface area contributed by atoms with Crippen LogP contribution in [0.5, 0.6) is 0 Å². The highest BCUT2D eigenvalue weighted by molar-refractivity contribution is 6.10. The summed E-state index contributed by atoms with van der Waals surface area (Å²) in [5.41, 5.74) is 15.2. The van der Waals surface area contributed by atoms with E-state index in [1.807, 2.05) is 0 Å². The van der Waals surface area contributed by atoms with Gasteiger partial charge in [0.25, 0.3) is 0 Å². The third kappa shape index (κ3) is 5.69. The first-order valence-electron chi connectivity index (χ1n) is 20.1. The first-order valence-corrected chi connectivity index (χ1v) is 20.1. The fourth-order valence-corrected chi connectivity index (χ4v) is 9.00. The van der Waals surface area contributed by atoms with E-state index >= 15 is 0 Å². The molecule has 2 aromatic heterocycles. The molecule has 0 spiro atoms. The van der Waals surface area contributed by atoms with Crippen LogP contribution in [0.2, 0.25) is 0 Å². The second-order valence-corrected chi connectivity index (χ2v) is 14.9. The number of hydrogen-bond acceptors (Lipinski definition) is 2. The quantitative estimate of drug-likeness (QED) is 0.154. The average Bonchev–Trinajstić information content (AvgIpc) is 3.80. The van der Waals surface area contributed by atoms with Gasteiger partial charge in [0.1, 0.15) is 0 Å². The minimum absolute atomic E-state index is 1.02. The van der Waals surface area contributed by atoms with Crippen LogP contribution in [0.3, 0.4) is 0 Å². The van der Waals surface area contributed by atoms with Crippen LogP contribution >= 0.6 is 0 Å². The molecule has 0 saturated carbocycles. The van der Waals surface area contributed by atoms with Gasteiger partial charge in [-0.2, -0.15) is 0 Å². The molecule has 4 nitrogen and oxygen atoms in total. The maximum atomic E-state index is 2.46. The standard InChI is InChI=1S/C54H40N4/c1-5-18-39(19-6-1)55(45-32-34-53-49(37-45)47-28-13-15-30-51(47)57(53)41-22-9-3-10-23-41)43-26-17-27-44(36-43)56(40-20-7-2-8-21-40)46-33-35-54-50(38-46)48-29-14-16-31-52(48)58(54)42-24-11-4-12-25-42/h1-15,17-30,32-38H,16,31H2. The van der Waals surface area contributed by atoms with Crippen LogP contribution in [0, 0.1) is 0 Å². The number of aromatic nitrogens is 2. The summed E-state index contributed by atoms with van der Waals surface area (Å²) in [5, 5.41) is 3.71. The Balaban J connectivity index is 1.08. The second-order valence-electron chi connectivity index (χ2n) is 14.9. The summed E-state index contributed by atoms with van der Waals surface area (Å²) in [6.07, 6.45) is 6.70. The lowest BCUT2D eigenvalue weighted by molar-refractivity contribution is 0.888. The molecule has 2 heterocycles. The number of nitrogens with zero attached hydrogens (tertiary/aromatic N) is 4. The summed E-state index contributed by atoms with van der Waals surface area (Å²) < 4.78 is 4.83. The van der Waals surface area contributed by atoms with Crippen molar-refractivity contribution in [2.75, 3.05) is 9.80 Å². The van der Waals surface area contributed by atoms with Gasteiger partial charge in [-0.15, -0.1) is 0 Å². The zero-order chi connectivity index (χ0) is 38.4. The lowest BCUT2D eigenvalue weighted by Crippen LogP contribution is -2.13. The Hall–Kier alpha value is -7.56. The van der Waals surface area contributed by atoms with E-state index < -0.39 is 0 Å². The Bertz CT molecular complexity index is 3110. The Morgan fingerprint density at radius 3 is 1.43 bits per heavy atom. The largest absolute Gasteiger partial charge is 0.313 e. The van der Waals surface area contributed by atoms with Gasteiger partial charge in [0.2, 0.25) is 0 Å². The molecular formula is C54H40N4. The fraction of sp³-hybridized carbons (Fsp3) is 0.0370. The maximum Gasteiger partial charge on any atom is 0.0542 e. The molecule has 0 N–H and O–H groups in total. The Kier molecular flexibility index (Phi) is 8.25. The monoisotopic (exact) mass is 744 g/mol. The van der Waals surface area contributed by atoms with Crippen LogP contribution in [0.25, 0.3) is 50.2 Å². The molecule has 0 atom stereocenters. The van der Waals surface area contributed by atoms with E-state index in [0.29, 0.717) is 0 Å². The molecule has 8 aromatic carbocycles. The van der Waals surface area contributed by atoms with Crippen molar-refractivity contribution < 1.29 is 0 Å². The van der Waals surface area contributed by atoms with Gasteiger partial charge in [0.15, 0.2) is 0 Å². The van der Waals surface area contributed by atoms with E-state index in [0.717, 1.165) is 52.7 Å². The topological polar surface area (TPSA) is 16.3 Å². The Morgan fingerprint density at radius 1 is 0.345 bits per heavy atom. The van der Waals surface area contributed by atoms with Crippen molar-refractivity contribution in [2.45, 2.75) is 12.8 Å². The predicted molar refractivity (Wildman–Crippen MR) is 244 cm³/mol. The summed E-state index contributed by atoms with van der Waals surface area (Å²) in [6.45, 7) is 0. The highest BCUT2D eigenvalue weighted by Crippen LogP contribution is 2.44. The number of allylic oxidation sites excluding steroid dienone is 1. The van der Waals surface area contributed by atoms with Gasteiger partial charge in [0, 0.05) is 72.9 Å². The molecule has 0 bridgehead atoms. The van der Waals surface area contributed by atoms with Crippen molar-refractivity contribution in [2.24, 2.45) is 0 Å². The van der Waals surface area contributed by atoms with Crippen LogP contribution in [0.1, 0.15) is 17.7 Å². The van der Waals surface area contributed by atoms with Crippen LogP contribution in [-0.4, -0.2) is 9.13 Å². The number of fused-ring (bicyclic) bond motifs is 6. The summed E-state index contributed by atoms with van der Waals surface area (Å²) in [6, 6.07) is 74.4.